The fraction of sp³-hybridized carbons (Fsp3) is 0.500. The first-order valence-electron chi connectivity index (χ1n) is 6.71. The molecule has 1 aliphatic rings. The van der Waals surface area contributed by atoms with Gasteiger partial charge in [-0.1, -0.05) is 0 Å². The van der Waals surface area contributed by atoms with Crippen LogP contribution >= 0.6 is 11.8 Å². The van der Waals surface area contributed by atoms with Gasteiger partial charge in [-0.3, -0.25) is 4.79 Å². The molecule has 1 saturated heterocycles. The average molecular weight is 329 g/mol. The van der Waals surface area contributed by atoms with Crippen molar-refractivity contribution >= 4 is 27.5 Å². The van der Waals surface area contributed by atoms with Gasteiger partial charge in [-0.05, 0) is 43.9 Å². The van der Waals surface area contributed by atoms with Crippen LogP contribution in [0.5, 0.6) is 5.75 Å². The van der Waals surface area contributed by atoms with Gasteiger partial charge in [0.15, 0.2) is 15.9 Å². The summed E-state index contributed by atoms with van der Waals surface area (Å²) in [5.74, 6) is 0.498. The van der Waals surface area contributed by atoms with E-state index >= 15 is 0 Å². The minimum atomic E-state index is -2.99. The van der Waals surface area contributed by atoms with E-state index in [9.17, 15) is 13.2 Å². The molecule has 1 heterocycles. The molecule has 5 nitrogen and oxygen atoms in total. The van der Waals surface area contributed by atoms with Crippen LogP contribution in [0, 0.1) is 0 Å². The molecule has 1 fully saturated rings. The van der Waals surface area contributed by atoms with Crippen molar-refractivity contribution in [3.63, 3.8) is 0 Å². The highest BCUT2D eigenvalue weighted by atomic mass is 32.2. The summed E-state index contributed by atoms with van der Waals surface area (Å²) < 4.78 is 28.3. The molecule has 1 N–H and O–H groups in total. The van der Waals surface area contributed by atoms with Gasteiger partial charge in [0.2, 0.25) is 0 Å². The van der Waals surface area contributed by atoms with E-state index in [2.05, 4.69) is 5.32 Å². The summed E-state index contributed by atoms with van der Waals surface area (Å²) in [4.78, 5) is 13.1. The Balaban J connectivity index is 1.87. The molecule has 116 valence electrons. The molecule has 7 heteroatoms. The van der Waals surface area contributed by atoms with Gasteiger partial charge in [0, 0.05) is 10.9 Å². The minimum absolute atomic E-state index is 0.0217. The molecule has 0 spiro atoms. The SMILES string of the molecule is CSc1ccc(OC(C)C(=O)NC2CCS(=O)(=O)C2)cc1. The van der Waals surface area contributed by atoms with Gasteiger partial charge in [0.25, 0.3) is 5.91 Å². The molecule has 0 bridgehead atoms. The minimum Gasteiger partial charge on any atom is -0.481 e. The number of hydrogen-bond donors (Lipinski definition) is 1. The predicted octanol–water partition coefficient (Wildman–Crippen LogP) is 1.48. The van der Waals surface area contributed by atoms with E-state index in [0.29, 0.717) is 12.2 Å². The van der Waals surface area contributed by atoms with E-state index in [0.717, 1.165) is 4.90 Å². The summed E-state index contributed by atoms with van der Waals surface area (Å²) in [5.41, 5.74) is 0. The van der Waals surface area contributed by atoms with Crippen LogP contribution in [0.15, 0.2) is 29.2 Å². The van der Waals surface area contributed by atoms with Gasteiger partial charge in [-0.2, -0.15) is 0 Å². The normalized spacial score (nSPS) is 21.7. The lowest BCUT2D eigenvalue weighted by atomic mass is 10.2. The van der Waals surface area contributed by atoms with Crippen molar-refractivity contribution in [3.8, 4) is 5.75 Å². The number of amides is 1. The van der Waals surface area contributed by atoms with Gasteiger partial charge in [-0.25, -0.2) is 8.42 Å². The molecular formula is C14H19NO4S2. The number of carbonyl (C=O) groups is 1. The molecule has 0 aromatic heterocycles. The third kappa shape index (κ3) is 4.64. The Morgan fingerprint density at radius 3 is 2.57 bits per heavy atom. The fourth-order valence-electron chi connectivity index (χ4n) is 2.14. The van der Waals surface area contributed by atoms with Crippen LogP contribution in [0.1, 0.15) is 13.3 Å². The van der Waals surface area contributed by atoms with Gasteiger partial charge in [-0.15, -0.1) is 11.8 Å². The predicted molar refractivity (Wildman–Crippen MR) is 83.5 cm³/mol. The number of nitrogens with one attached hydrogen (secondary N) is 1. The molecule has 1 amide bonds. The summed E-state index contributed by atoms with van der Waals surface area (Å²) >= 11 is 1.63. The van der Waals surface area contributed by atoms with Crippen molar-refractivity contribution in [3.05, 3.63) is 24.3 Å². The molecule has 2 unspecified atom stereocenters. The first-order valence-corrected chi connectivity index (χ1v) is 9.76. The smallest absolute Gasteiger partial charge is 0.261 e. The summed E-state index contributed by atoms with van der Waals surface area (Å²) in [6.07, 6.45) is 1.80. The Morgan fingerprint density at radius 1 is 1.38 bits per heavy atom. The lowest BCUT2D eigenvalue weighted by Crippen LogP contribution is -2.43. The molecule has 0 aliphatic carbocycles. The molecule has 0 saturated carbocycles. The van der Waals surface area contributed by atoms with Crippen molar-refractivity contribution in [1.82, 2.24) is 5.32 Å². The van der Waals surface area contributed by atoms with Gasteiger partial charge in [0.05, 0.1) is 11.5 Å². The Bertz CT molecular complexity index is 598. The van der Waals surface area contributed by atoms with Crippen LogP contribution in [0.4, 0.5) is 0 Å². The van der Waals surface area contributed by atoms with Crippen LogP contribution in [-0.2, 0) is 14.6 Å². The highest BCUT2D eigenvalue weighted by Gasteiger charge is 2.30. The standard InChI is InChI=1S/C14H19NO4S2/c1-10(19-12-3-5-13(20-2)6-4-12)14(16)15-11-7-8-21(17,18)9-11/h3-6,10-11H,7-9H2,1-2H3,(H,15,16). The number of hydrogen-bond acceptors (Lipinski definition) is 5. The summed E-state index contributed by atoms with van der Waals surface area (Å²) in [5, 5.41) is 2.73. The molecule has 2 rings (SSSR count). The lowest BCUT2D eigenvalue weighted by molar-refractivity contribution is -0.127. The number of benzene rings is 1. The second-order valence-corrected chi connectivity index (χ2v) is 8.15. The van der Waals surface area contributed by atoms with Crippen LogP contribution in [-0.4, -0.2) is 44.2 Å². The molecule has 1 aliphatic heterocycles. The zero-order valence-corrected chi connectivity index (χ0v) is 13.7. The fourth-order valence-corrected chi connectivity index (χ4v) is 4.22. The zero-order valence-electron chi connectivity index (χ0n) is 12.0. The van der Waals surface area contributed by atoms with Crippen molar-refractivity contribution in [2.45, 2.75) is 30.4 Å². The third-order valence-corrected chi connectivity index (χ3v) is 5.83. The summed E-state index contributed by atoms with van der Waals surface area (Å²) in [6, 6.07) is 7.18. The van der Waals surface area contributed by atoms with Crippen molar-refractivity contribution < 1.29 is 17.9 Å². The van der Waals surface area contributed by atoms with Crippen LogP contribution in [0.3, 0.4) is 0 Å². The van der Waals surface area contributed by atoms with E-state index in [1.165, 1.54) is 0 Å². The number of rotatable bonds is 5. The first-order chi connectivity index (χ1) is 9.89. The molecule has 0 radical (unpaired) electrons. The molecule has 1 aromatic rings. The van der Waals surface area contributed by atoms with E-state index in [-0.39, 0.29) is 23.5 Å². The molecule has 21 heavy (non-hydrogen) atoms. The number of ether oxygens (including phenoxy) is 1. The molecule has 1 aromatic carbocycles. The largest absolute Gasteiger partial charge is 0.481 e. The molecular weight excluding hydrogens is 310 g/mol. The third-order valence-electron chi connectivity index (χ3n) is 3.32. The van der Waals surface area contributed by atoms with Crippen LogP contribution < -0.4 is 10.1 Å². The maximum absolute atomic E-state index is 12.0. The van der Waals surface area contributed by atoms with Crippen LogP contribution in [0.2, 0.25) is 0 Å². The Hall–Kier alpha value is -1.21. The maximum atomic E-state index is 12.0. The van der Waals surface area contributed by atoms with E-state index in [1.54, 1.807) is 18.7 Å². The lowest BCUT2D eigenvalue weighted by Gasteiger charge is -2.17. The van der Waals surface area contributed by atoms with Crippen molar-refractivity contribution in [2.75, 3.05) is 17.8 Å². The van der Waals surface area contributed by atoms with Crippen molar-refractivity contribution in [2.24, 2.45) is 0 Å². The van der Waals surface area contributed by atoms with Gasteiger partial charge in [0.1, 0.15) is 5.75 Å². The van der Waals surface area contributed by atoms with Crippen LogP contribution in [0.25, 0.3) is 0 Å². The van der Waals surface area contributed by atoms with Gasteiger partial charge < -0.3 is 10.1 Å². The zero-order chi connectivity index (χ0) is 15.5. The van der Waals surface area contributed by atoms with E-state index in [1.807, 2.05) is 30.5 Å². The Morgan fingerprint density at radius 2 is 2.05 bits per heavy atom. The van der Waals surface area contributed by atoms with Crippen molar-refractivity contribution in [1.29, 1.82) is 0 Å². The Kier molecular flexibility index (Phi) is 5.16. The molecule has 2 atom stereocenters. The topological polar surface area (TPSA) is 72.5 Å². The highest BCUT2D eigenvalue weighted by Crippen LogP contribution is 2.20. The summed E-state index contributed by atoms with van der Waals surface area (Å²) in [6.45, 7) is 1.65. The highest BCUT2D eigenvalue weighted by molar-refractivity contribution is 7.98. The van der Waals surface area contributed by atoms with E-state index in [4.69, 9.17) is 4.74 Å². The quantitative estimate of drug-likeness (QED) is 0.829. The maximum Gasteiger partial charge on any atom is 0.261 e. The number of thioether (sulfide) groups is 1. The first kappa shape index (κ1) is 16.2. The van der Waals surface area contributed by atoms with Gasteiger partial charge >= 0.3 is 0 Å². The average Bonchev–Trinajstić information content (AvgIpc) is 2.78. The summed E-state index contributed by atoms with van der Waals surface area (Å²) in [7, 11) is -2.99. The Labute approximate surface area is 129 Å². The van der Waals surface area contributed by atoms with E-state index < -0.39 is 15.9 Å². The second-order valence-electron chi connectivity index (χ2n) is 5.04. The number of sulfone groups is 1. The monoisotopic (exact) mass is 329 g/mol. The number of carbonyl (C=O) groups excluding carboxylic acids is 1. The second kappa shape index (κ2) is 6.70.